The fraction of sp³-hybridized carbons (Fsp3) is 0.250. The lowest BCUT2D eigenvalue weighted by atomic mass is 10.0. The van der Waals surface area contributed by atoms with E-state index in [1.807, 2.05) is 48.5 Å². The molecule has 6 nitrogen and oxygen atoms in total. The maximum Gasteiger partial charge on any atom is 0.272 e. The molecule has 2 aromatic heterocycles. The van der Waals surface area contributed by atoms with Crippen molar-refractivity contribution >= 4 is 5.91 Å². The molecule has 6 heteroatoms. The second-order valence-electron chi connectivity index (χ2n) is 6.26. The van der Waals surface area contributed by atoms with Crippen molar-refractivity contribution in [2.45, 2.75) is 25.4 Å². The van der Waals surface area contributed by atoms with Crippen molar-refractivity contribution in [2.24, 2.45) is 0 Å². The Morgan fingerprint density at radius 2 is 2.04 bits per heavy atom. The molecule has 132 valence electrons. The molecule has 1 aliphatic rings. The van der Waals surface area contributed by atoms with Crippen LogP contribution in [0.1, 0.15) is 34.2 Å². The Morgan fingerprint density at radius 1 is 1.19 bits per heavy atom. The minimum absolute atomic E-state index is 0.220. The van der Waals surface area contributed by atoms with Crippen LogP contribution in [0.5, 0.6) is 5.88 Å². The van der Waals surface area contributed by atoms with Crippen LogP contribution in [0.2, 0.25) is 0 Å². The van der Waals surface area contributed by atoms with Crippen LogP contribution in [0.15, 0.2) is 60.8 Å². The highest BCUT2D eigenvalue weighted by Crippen LogP contribution is 2.20. The standard InChI is InChI=1S/C20H20N4O2/c25-20(18-14-19-24(23-18)11-6-12-26-19)22-17(16-9-4-5-10-21-16)13-15-7-2-1-3-8-15/h1-5,7-10,14,17H,6,11-13H2,(H,22,25). The van der Waals surface area contributed by atoms with Crippen LogP contribution >= 0.6 is 0 Å². The smallest absolute Gasteiger partial charge is 0.272 e. The van der Waals surface area contributed by atoms with E-state index >= 15 is 0 Å². The number of amides is 1. The van der Waals surface area contributed by atoms with Gasteiger partial charge in [0.2, 0.25) is 5.88 Å². The van der Waals surface area contributed by atoms with Crippen molar-refractivity contribution in [3.05, 3.63) is 77.7 Å². The Kier molecular flexibility index (Phi) is 4.64. The molecule has 0 spiro atoms. The van der Waals surface area contributed by atoms with E-state index in [0.717, 1.165) is 24.2 Å². The van der Waals surface area contributed by atoms with Gasteiger partial charge in [0, 0.05) is 25.2 Å². The van der Waals surface area contributed by atoms with Crippen LogP contribution in [0.25, 0.3) is 0 Å². The first-order valence-corrected chi connectivity index (χ1v) is 8.76. The molecule has 0 saturated carbocycles. The van der Waals surface area contributed by atoms with E-state index in [4.69, 9.17) is 4.74 Å². The average molecular weight is 348 g/mol. The molecule has 1 unspecified atom stereocenters. The Balaban J connectivity index is 1.56. The van der Waals surface area contributed by atoms with Crippen LogP contribution in [0.4, 0.5) is 0 Å². The first kappa shape index (κ1) is 16.3. The maximum atomic E-state index is 12.8. The predicted octanol–water partition coefficient (Wildman–Crippen LogP) is 2.77. The van der Waals surface area contributed by atoms with E-state index in [1.54, 1.807) is 16.9 Å². The summed E-state index contributed by atoms with van der Waals surface area (Å²) in [7, 11) is 0. The molecule has 1 atom stereocenters. The number of hydrogen-bond donors (Lipinski definition) is 1. The number of fused-ring (bicyclic) bond motifs is 1. The lowest BCUT2D eigenvalue weighted by Crippen LogP contribution is -2.31. The minimum Gasteiger partial charge on any atom is -0.478 e. The summed E-state index contributed by atoms with van der Waals surface area (Å²) in [5.74, 6) is 0.431. The zero-order valence-corrected chi connectivity index (χ0v) is 14.3. The van der Waals surface area contributed by atoms with Crippen LogP contribution < -0.4 is 10.1 Å². The number of hydrogen-bond acceptors (Lipinski definition) is 4. The zero-order valence-electron chi connectivity index (χ0n) is 14.3. The molecule has 0 saturated heterocycles. The topological polar surface area (TPSA) is 69.0 Å². The third-order valence-corrected chi connectivity index (χ3v) is 4.37. The number of carbonyl (C=O) groups is 1. The van der Waals surface area contributed by atoms with Gasteiger partial charge in [-0.25, -0.2) is 4.68 Å². The van der Waals surface area contributed by atoms with Crippen molar-refractivity contribution in [3.8, 4) is 5.88 Å². The van der Waals surface area contributed by atoms with E-state index < -0.39 is 0 Å². The average Bonchev–Trinajstić information content (AvgIpc) is 3.13. The molecule has 1 aliphatic heterocycles. The normalized spacial score (nSPS) is 14.2. The van der Waals surface area contributed by atoms with Crippen LogP contribution in [-0.2, 0) is 13.0 Å². The van der Waals surface area contributed by atoms with E-state index in [1.165, 1.54) is 0 Å². The summed E-state index contributed by atoms with van der Waals surface area (Å²) >= 11 is 0. The van der Waals surface area contributed by atoms with E-state index in [-0.39, 0.29) is 11.9 Å². The second kappa shape index (κ2) is 7.39. The van der Waals surface area contributed by atoms with E-state index in [9.17, 15) is 4.79 Å². The summed E-state index contributed by atoms with van der Waals surface area (Å²) in [5.41, 5.74) is 2.33. The van der Waals surface area contributed by atoms with Gasteiger partial charge in [-0.15, -0.1) is 0 Å². The van der Waals surface area contributed by atoms with Gasteiger partial charge in [-0.1, -0.05) is 36.4 Å². The predicted molar refractivity (Wildman–Crippen MR) is 96.9 cm³/mol. The number of benzene rings is 1. The Labute approximate surface area is 151 Å². The zero-order chi connectivity index (χ0) is 17.8. The van der Waals surface area contributed by atoms with Crippen LogP contribution in [0.3, 0.4) is 0 Å². The van der Waals surface area contributed by atoms with E-state index in [0.29, 0.717) is 24.6 Å². The minimum atomic E-state index is -0.231. The SMILES string of the molecule is O=C(NC(Cc1ccccc1)c1ccccn1)c1cc2n(n1)CCCO2. The number of ether oxygens (including phenoxy) is 1. The van der Waals surface area contributed by atoms with Gasteiger partial charge < -0.3 is 10.1 Å². The van der Waals surface area contributed by atoms with Gasteiger partial charge in [0.1, 0.15) is 0 Å². The fourth-order valence-corrected chi connectivity index (χ4v) is 3.07. The molecule has 0 fully saturated rings. The third kappa shape index (κ3) is 3.59. The molecule has 0 radical (unpaired) electrons. The molecule has 1 aromatic carbocycles. The third-order valence-electron chi connectivity index (χ3n) is 4.37. The number of carbonyl (C=O) groups excluding carboxylic acids is 1. The van der Waals surface area contributed by atoms with Crippen LogP contribution in [0, 0.1) is 0 Å². The van der Waals surface area contributed by atoms with Crippen molar-refractivity contribution in [2.75, 3.05) is 6.61 Å². The first-order chi connectivity index (χ1) is 12.8. The largest absolute Gasteiger partial charge is 0.478 e. The summed E-state index contributed by atoms with van der Waals surface area (Å²) in [4.78, 5) is 17.2. The maximum absolute atomic E-state index is 12.8. The summed E-state index contributed by atoms with van der Waals surface area (Å²) in [5, 5.41) is 7.44. The highest BCUT2D eigenvalue weighted by atomic mass is 16.5. The molecule has 4 rings (SSSR count). The van der Waals surface area contributed by atoms with Gasteiger partial charge >= 0.3 is 0 Å². The number of pyridine rings is 1. The molecule has 26 heavy (non-hydrogen) atoms. The van der Waals surface area contributed by atoms with Gasteiger partial charge in [-0.3, -0.25) is 9.78 Å². The Bertz CT molecular complexity index is 854. The van der Waals surface area contributed by atoms with Crippen molar-refractivity contribution in [1.82, 2.24) is 20.1 Å². The molecule has 1 N–H and O–H groups in total. The van der Waals surface area contributed by atoms with Crippen molar-refractivity contribution < 1.29 is 9.53 Å². The monoisotopic (exact) mass is 348 g/mol. The number of nitrogens with zero attached hydrogens (tertiary/aromatic N) is 3. The highest BCUT2D eigenvalue weighted by molar-refractivity contribution is 5.92. The fourth-order valence-electron chi connectivity index (χ4n) is 3.07. The number of nitrogens with one attached hydrogen (secondary N) is 1. The van der Waals surface area contributed by atoms with Crippen molar-refractivity contribution in [1.29, 1.82) is 0 Å². The number of aryl methyl sites for hydroxylation is 1. The van der Waals surface area contributed by atoms with Gasteiger partial charge in [-0.05, 0) is 24.1 Å². The summed E-state index contributed by atoms with van der Waals surface area (Å²) < 4.78 is 7.29. The molecule has 3 heterocycles. The number of aromatic nitrogens is 3. The lowest BCUT2D eigenvalue weighted by Gasteiger charge is -2.18. The number of rotatable bonds is 5. The molecule has 0 aliphatic carbocycles. The molecule has 3 aromatic rings. The van der Waals surface area contributed by atoms with Crippen molar-refractivity contribution in [3.63, 3.8) is 0 Å². The Morgan fingerprint density at radius 3 is 2.81 bits per heavy atom. The molecular formula is C20H20N4O2. The Hall–Kier alpha value is -3.15. The molecule has 0 bridgehead atoms. The van der Waals surface area contributed by atoms with Gasteiger partial charge in [0.15, 0.2) is 5.69 Å². The van der Waals surface area contributed by atoms with Crippen LogP contribution in [-0.4, -0.2) is 27.3 Å². The summed E-state index contributed by atoms with van der Waals surface area (Å²) in [6.45, 7) is 1.44. The van der Waals surface area contributed by atoms with Gasteiger partial charge in [0.05, 0.1) is 18.3 Å². The lowest BCUT2D eigenvalue weighted by molar-refractivity contribution is 0.0929. The van der Waals surface area contributed by atoms with Gasteiger partial charge in [-0.2, -0.15) is 5.10 Å². The molecule has 1 amide bonds. The first-order valence-electron chi connectivity index (χ1n) is 8.76. The highest BCUT2D eigenvalue weighted by Gasteiger charge is 2.22. The second-order valence-corrected chi connectivity index (χ2v) is 6.26. The quantitative estimate of drug-likeness (QED) is 0.770. The van der Waals surface area contributed by atoms with Gasteiger partial charge in [0.25, 0.3) is 5.91 Å². The summed E-state index contributed by atoms with van der Waals surface area (Å²) in [6, 6.07) is 17.2. The summed E-state index contributed by atoms with van der Waals surface area (Å²) in [6.07, 6.45) is 3.30. The molecular weight excluding hydrogens is 328 g/mol. The van der Waals surface area contributed by atoms with E-state index in [2.05, 4.69) is 15.4 Å².